The van der Waals surface area contributed by atoms with Gasteiger partial charge in [0.15, 0.2) is 0 Å². The quantitative estimate of drug-likeness (QED) is 0.867. The highest BCUT2D eigenvalue weighted by atomic mass is 16.5. The van der Waals surface area contributed by atoms with E-state index in [1.54, 1.807) is 0 Å². The van der Waals surface area contributed by atoms with Crippen molar-refractivity contribution >= 4 is 17.5 Å². The third kappa shape index (κ3) is 3.80. The van der Waals surface area contributed by atoms with E-state index >= 15 is 0 Å². The van der Waals surface area contributed by atoms with Gasteiger partial charge in [-0.15, -0.1) is 0 Å². The standard InChI is InChI=1S/C21H24N2O/c1-21(2)15-17(22-19-7-5-6-8-20(19)24-21)12-9-16-10-13-18(14-11-16)23(3)4/h5-15,22H,1-4H3/b12-9+. The number of rotatable bonds is 3. The lowest BCUT2D eigenvalue weighted by molar-refractivity contribution is 0.164. The highest BCUT2D eigenvalue weighted by Gasteiger charge is 2.22. The maximum atomic E-state index is 6.09. The molecule has 3 rings (SSSR count). The molecule has 0 unspecified atom stereocenters. The first-order chi connectivity index (χ1) is 11.4. The zero-order valence-electron chi connectivity index (χ0n) is 14.7. The Hall–Kier alpha value is -2.68. The summed E-state index contributed by atoms with van der Waals surface area (Å²) in [6.07, 6.45) is 6.32. The first kappa shape index (κ1) is 16.2. The van der Waals surface area contributed by atoms with Crippen LogP contribution in [0.15, 0.2) is 66.4 Å². The lowest BCUT2D eigenvalue weighted by Gasteiger charge is -2.21. The molecule has 3 heteroatoms. The zero-order chi connectivity index (χ0) is 17.2. The number of anilines is 2. The van der Waals surface area contributed by atoms with Gasteiger partial charge >= 0.3 is 0 Å². The molecular formula is C21H24N2O. The zero-order valence-corrected chi connectivity index (χ0v) is 14.7. The topological polar surface area (TPSA) is 24.5 Å². The maximum Gasteiger partial charge on any atom is 0.144 e. The minimum absolute atomic E-state index is 0.367. The van der Waals surface area contributed by atoms with Gasteiger partial charge in [-0.25, -0.2) is 0 Å². The molecule has 1 aliphatic heterocycles. The van der Waals surface area contributed by atoms with Crippen molar-refractivity contribution in [1.82, 2.24) is 0 Å². The summed E-state index contributed by atoms with van der Waals surface area (Å²) in [5.41, 5.74) is 4.01. The van der Waals surface area contributed by atoms with Crippen LogP contribution in [0.3, 0.4) is 0 Å². The Labute approximate surface area is 144 Å². The minimum Gasteiger partial charge on any atom is -0.482 e. The molecule has 0 saturated carbocycles. The number of hydrogen-bond donors (Lipinski definition) is 1. The van der Waals surface area contributed by atoms with Crippen LogP contribution in [0.2, 0.25) is 0 Å². The molecule has 0 aromatic heterocycles. The summed E-state index contributed by atoms with van der Waals surface area (Å²) in [5.74, 6) is 0.873. The summed E-state index contributed by atoms with van der Waals surface area (Å²) in [5, 5.41) is 3.46. The lowest BCUT2D eigenvalue weighted by Crippen LogP contribution is -2.24. The average molecular weight is 320 g/mol. The van der Waals surface area contributed by atoms with E-state index in [4.69, 9.17) is 4.74 Å². The molecule has 0 atom stereocenters. The van der Waals surface area contributed by atoms with Crippen molar-refractivity contribution in [3.8, 4) is 5.75 Å². The SMILES string of the molecule is CN(C)c1ccc(/C=C/C2=CC(C)(C)Oc3ccccc3N2)cc1. The van der Waals surface area contributed by atoms with Crippen molar-refractivity contribution in [2.45, 2.75) is 19.4 Å². The van der Waals surface area contributed by atoms with E-state index in [2.05, 4.69) is 66.6 Å². The Bertz CT molecular complexity index is 771. The van der Waals surface area contributed by atoms with Crippen LogP contribution in [0.4, 0.5) is 11.4 Å². The minimum atomic E-state index is -0.367. The van der Waals surface area contributed by atoms with Crippen molar-refractivity contribution < 1.29 is 4.74 Å². The summed E-state index contributed by atoms with van der Waals surface area (Å²) in [4.78, 5) is 2.10. The molecule has 1 aliphatic rings. The van der Waals surface area contributed by atoms with E-state index in [-0.39, 0.29) is 5.60 Å². The van der Waals surface area contributed by atoms with Crippen molar-refractivity contribution in [1.29, 1.82) is 0 Å². The molecule has 24 heavy (non-hydrogen) atoms. The van der Waals surface area contributed by atoms with Crippen molar-refractivity contribution in [2.75, 3.05) is 24.3 Å². The summed E-state index contributed by atoms with van der Waals surface area (Å²) in [7, 11) is 4.09. The largest absolute Gasteiger partial charge is 0.482 e. The fourth-order valence-corrected chi connectivity index (χ4v) is 2.70. The molecule has 2 aromatic rings. The molecule has 0 radical (unpaired) electrons. The van der Waals surface area contributed by atoms with Crippen LogP contribution in [0, 0.1) is 0 Å². The van der Waals surface area contributed by atoms with Crippen LogP contribution < -0.4 is 15.0 Å². The van der Waals surface area contributed by atoms with Crippen molar-refractivity contribution in [3.05, 3.63) is 71.9 Å². The predicted octanol–water partition coefficient (Wildman–Crippen LogP) is 4.93. The Balaban J connectivity index is 1.84. The second kappa shape index (κ2) is 6.44. The van der Waals surface area contributed by atoms with Crippen molar-refractivity contribution in [2.24, 2.45) is 0 Å². The molecule has 1 heterocycles. The predicted molar refractivity (Wildman–Crippen MR) is 103 cm³/mol. The Morgan fingerprint density at radius 1 is 0.958 bits per heavy atom. The Kier molecular flexibility index (Phi) is 4.34. The van der Waals surface area contributed by atoms with Gasteiger partial charge in [-0.2, -0.15) is 0 Å². The molecule has 0 amide bonds. The molecule has 2 aromatic carbocycles. The molecule has 0 aliphatic carbocycles. The van der Waals surface area contributed by atoms with Gasteiger partial charge in [0, 0.05) is 25.5 Å². The van der Waals surface area contributed by atoms with E-state index in [1.165, 1.54) is 11.3 Å². The lowest BCUT2D eigenvalue weighted by atomic mass is 10.1. The summed E-state index contributed by atoms with van der Waals surface area (Å²) in [6.45, 7) is 4.13. The van der Waals surface area contributed by atoms with Gasteiger partial charge in [0.05, 0.1) is 5.69 Å². The average Bonchev–Trinajstić information content (AvgIpc) is 2.67. The summed E-state index contributed by atoms with van der Waals surface area (Å²) >= 11 is 0. The van der Waals surface area contributed by atoms with E-state index in [1.807, 2.05) is 38.4 Å². The fourth-order valence-electron chi connectivity index (χ4n) is 2.70. The molecule has 3 nitrogen and oxygen atoms in total. The van der Waals surface area contributed by atoms with Gasteiger partial charge in [0.2, 0.25) is 0 Å². The first-order valence-corrected chi connectivity index (χ1v) is 8.16. The molecule has 0 saturated heterocycles. The number of nitrogens with one attached hydrogen (secondary N) is 1. The second-order valence-electron chi connectivity index (χ2n) is 6.75. The van der Waals surface area contributed by atoms with Gasteiger partial charge in [-0.3, -0.25) is 0 Å². The number of allylic oxidation sites excluding steroid dienone is 1. The number of para-hydroxylation sites is 2. The third-order valence-electron chi connectivity index (χ3n) is 3.91. The van der Waals surface area contributed by atoms with Gasteiger partial charge in [-0.1, -0.05) is 30.3 Å². The van der Waals surface area contributed by atoms with Gasteiger partial charge < -0.3 is 15.0 Å². The molecule has 0 bridgehead atoms. The monoisotopic (exact) mass is 320 g/mol. The molecular weight excluding hydrogens is 296 g/mol. The molecule has 124 valence electrons. The highest BCUT2D eigenvalue weighted by Crippen LogP contribution is 2.33. The van der Waals surface area contributed by atoms with E-state index in [0.29, 0.717) is 0 Å². The number of benzene rings is 2. The second-order valence-corrected chi connectivity index (χ2v) is 6.75. The van der Waals surface area contributed by atoms with Crippen molar-refractivity contribution in [3.63, 3.8) is 0 Å². The van der Waals surface area contributed by atoms with E-state index in [9.17, 15) is 0 Å². The Morgan fingerprint density at radius 2 is 1.67 bits per heavy atom. The Morgan fingerprint density at radius 3 is 2.38 bits per heavy atom. The number of fused-ring (bicyclic) bond motifs is 1. The number of ether oxygens (including phenoxy) is 1. The van der Waals surface area contributed by atoms with E-state index in [0.717, 1.165) is 17.1 Å². The third-order valence-corrected chi connectivity index (χ3v) is 3.91. The van der Waals surface area contributed by atoms with Gasteiger partial charge in [0.1, 0.15) is 11.4 Å². The molecule has 0 fully saturated rings. The van der Waals surface area contributed by atoms with Gasteiger partial charge in [0.25, 0.3) is 0 Å². The highest BCUT2D eigenvalue weighted by molar-refractivity contribution is 5.65. The molecule has 0 spiro atoms. The van der Waals surface area contributed by atoms with Gasteiger partial charge in [-0.05, 0) is 55.8 Å². The number of hydrogen-bond acceptors (Lipinski definition) is 3. The summed E-state index contributed by atoms with van der Waals surface area (Å²) in [6, 6.07) is 16.5. The van der Waals surface area contributed by atoms with E-state index < -0.39 is 0 Å². The normalized spacial score (nSPS) is 15.8. The smallest absolute Gasteiger partial charge is 0.144 e. The van der Waals surface area contributed by atoms with Crippen LogP contribution >= 0.6 is 0 Å². The van der Waals surface area contributed by atoms with Crippen LogP contribution in [-0.4, -0.2) is 19.7 Å². The van der Waals surface area contributed by atoms with Crippen LogP contribution in [0.25, 0.3) is 6.08 Å². The number of nitrogens with zero attached hydrogens (tertiary/aromatic N) is 1. The van der Waals surface area contributed by atoms with Crippen LogP contribution in [-0.2, 0) is 0 Å². The fraction of sp³-hybridized carbons (Fsp3) is 0.238. The first-order valence-electron chi connectivity index (χ1n) is 8.16. The molecule has 1 N–H and O–H groups in total. The summed E-state index contributed by atoms with van der Waals surface area (Å²) < 4.78 is 6.09. The van der Waals surface area contributed by atoms with Crippen LogP contribution in [0.5, 0.6) is 5.75 Å². The van der Waals surface area contributed by atoms with Crippen LogP contribution in [0.1, 0.15) is 19.4 Å². The maximum absolute atomic E-state index is 6.09.